The summed E-state index contributed by atoms with van der Waals surface area (Å²) < 4.78 is 10.7. The minimum absolute atomic E-state index is 0.0179. The highest BCUT2D eigenvalue weighted by Gasteiger charge is 2.30. The van der Waals surface area contributed by atoms with Gasteiger partial charge in [0.15, 0.2) is 0 Å². The van der Waals surface area contributed by atoms with Crippen LogP contribution in [-0.2, 0) is 4.79 Å². The number of likely N-dealkylation sites (tertiary alicyclic amines) is 1. The number of hydrogen-bond donors (Lipinski definition) is 1. The maximum absolute atomic E-state index is 13.1. The molecule has 2 aromatic rings. The fourth-order valence-electron chi connectivity index (χ4n) is 3.80. The van der Waals surface area contributed by atoms with E-state index in [0.29, 0.717) is 43.0 Å². The molecule has 0 unspecified atom stereocenters. The second kappa shape index (κ2) is 8.99. The van der Waals surface area contributed by atoms with Crippen LogP contribution in [0.3, 0.4) is 0 Å². The number of benzene rings is 2. The van der Waals surface area contributed by atoms with Crippen LogP contribution in [0.5, 0.6) is 11.5 Å². The van der Waals surface area contributed by atoms with Gasteiger partial charge in [0.1, 0.15) is 17.1 Å². The number of nitrogens with one attached hydrogen (secondary N) is 1. The lowest BCUT2D eigenvalue weighted by Gasteiger charge is -2.32. The summed E-state index contributed by atoms with van der Waals surface area (Å²) in [4.78, 5) is 27.6. The second-order valence-corrected chi connectivity index (χ2v) is 7.36. The first-order chi connectivity index (χ1) is 14.0. The Labute approximate surface area is 171 Å². The Hall–Kier alpha value is -3.02. The minimum Gasteiger partial charge on any atom is -0.496 e. The van der Waals surface area contributed by atoms with Crippen LogP contribution in [0.1, 0.15) is 34.3 Å². The number of rotatable bonds is 5. The normalized spacial score (nSPS) is 14.4. The third-order valence-electron chi connectivity index (χ3n) is 5.52. The molecule has 0 saturated carbocycles. The van der Waals surface area contributed by atoms with Gasteiger partial charge in [-0.15, -0.1) is 0 Å². The number of ether oxygens (including phenoxy) is 2. The van der Waals surface area contributed by atoms with Gasteiger partial charge in [-0.05, 0) is 49.9 Å². The molecule has 6 nitrogen and oxygen atoms in total. The zero-order chi connectivity index (χ0) is 21.0. The molecule has 0 aromatic heterocycles. The number of nitrogens with zero attached hydrogens (tertiary/aromatic N) is 1. The second-order valence-electron chi connectivity index (χ2n) is 7.36. The summed E-state index contributed by atoms with van der Waals surface area (Å²) in [6, 6.07) is 11.3. The molecule has 1 heterocycles. The van der Waals surface area contributed by atoms with Crippen LogP contribution >= 0.6 is 0 Å². The molecule has 0 atom stereocenters. The molecule has 2 aromatic carbocycles. The van der Waals surface area contributed by atoms with Gasteiger partial charge in [-0.2, -0.15) is 0 Å². The molecule has 0 aliphatic carbocycles. The van der Waals surface area contributed by atoms with Crippen LogP contribution in [0.4, 0.5) is 5.69 Å². The Balaban J connectivity index is 1.66. The lowest BCUT2D eigenvalue weighted by atomic mass is 9.94. The number of carbonyl (C=O) groups is 2. The summed E-state index contributed by atoms with van der Waals surface area (Å²) in [5.41, 5.74) is 3.41. The van der Waals surface area contributed by atoms with Crippen LogP contribution in [-0.4, -0.2) is 44.0 Å². The Morgan fingerprint density at radius 1 is 0.931 bits per heavy atom. The van der Waals surface area contributed by atoms with Crippen LogP contribution in [0.15, 0.2) is 36.4 Å². The van der Waals surface area contributed by atoms with Crippen molar-refractivity contribution in [3.8, 4) is 11.5 Å². The number of para-hydroxylation sites is 1. The van der Waals surface area contributed by atoms with E-state index in [1.54, 1.807) is 23.1 Å². The molecular weight excluding hydrogens is 368 g/mol. The highest BCUT2D eigenvalue weighted by atomic mass is 16.5. The fraction of sp³-hybridized carbons (Fsp3) is 0.391. The molecule has 1 saturated heterocycles. The van der Waals surface area contributed by atoms with Crippen molar-refractivity contribution in [2.75, 3.05) is 32.6 Å². The molecule has 2 amide bonds. The zero-order valence-corrected chi connectivity index (χ0v) is 17.5. The van der Waals surface area contributed by atoms with Gasteiger partial charge in [-0.3, -0.25) is 9.59 Å². The number of amides is 2. The van der Waals surface area contributed by atoms with Gasteiger partial charge < -0.3 is 19.7 Å². The first-order valence-corrected chi connectivity index (χ1v) is 9.83. The molecule has 1 fully saturated rings. The number of carbonyl (C=O) groups excluding carboxylic acids is 2. The van der Waals surface area contributed by atoms with E-state index in [1.165, 1.54) is 14.2 Å². The van der Waals surface area contributed by atoms with Gasteiger partial charge in [-0.1, -0.05) is 24.3 Å². The summed E-state index contributed by atoms with van der Waals surface area (Å²) in [5.74, 6) is 0.753. The molecule has 6 heteroatoms. The molecule has 29 heavy (non-hydrogen) atoms. The lowest BCUT2D eigenvalue weighted by molar-refractivity contribution is -0.121. The first-order valence-electron chi connectivity index (χ1n) is 9.83. The standard InChI is InChI=1S/C23H28N2O4/c1-15-7-5-8-16(2)21(15)24-22(26)17-11-13-25(14-12-17)23(27)20-18(28-3)9-6-10-19(20)29-4/h5-10,17H,11-14H2,1-4H3,(H,24,26). The van der Waals surface area contributed by atoms with Crippen molar-refractivity contribution < 1.29 is 19.1 Å². The van der Waals surface area contributed by atoms with Gasteiger partial charge in [0.2, 0.25) is 5.91 Å². The minimum atomic E-state index is -0.132. The highest BCUT2D eigenvalue weighted by Crippen LogP contribution is 2.31. The van der Waals surface area contributed by atoms with E-state index in [9.17, 15) is 9.59 Å². The summed E-state index contributed by atoms with van der Waals surface area (Å²) in [6.07, 6.45) is 1.25. The van der Waals surface area contributed by atoms with Gasteiger partial charge in [0.05, 0.1) is 14.2 Å². The molecule has 1 aliphatic heterocycles. The average Bonchev–Trinajstić information content (AvgIpc) is 2.75. The topological polar surface area (TPSA) is 67.9 Å². The number of anilines is 1. The van der Waals surface area contributed by atoms with Gasteiger partial charge in [0, 0.05) is 24.7 Å². The molecule has 0 spiro atoms. The Kier molecular flexibility index (Phi) is 6.42. The van der Waals surface area contributed by atoms with E-state index in [-0.39, 0.29) is 17.7 Å². The summed E-state index contributed by atoms with van der Waals surface area (Å²) in [5, 5.41) is 3.08. The number of piperidine rings is 1. The third kappa shape index (κ3) is 4.36. The predicted octanol–water partition coefficient (Wildman–Crippen LogP) is 3.81. The Morgan fingerprint density at radius 3 is 1.97 bits per heavy atom. The number of hydrogen-bond acceptors (Lipinski definition) is 4. The van der Waals surface area contributed by atoms with Crippen LogP contribution < -0.4 is 14.8 Å². The van der Waals surface area contributed by atoms with E-state index < -0.39 is 0 Å². The number of methoxy groups -OCH3 is 2. The van der Waals surface area contributed by atoms with Gasteiger partial charge in [-0.25, -0.2) is 0 Å². The van der Waals surface area contributed by atoms with Gasteiger partial charge in [0.25, 0.3) is 5.91 Å². The fourth-order valence-corrected chi connectivity index (χ4v) is 3.80. The van der Waals surface area contributed by atoms with Crippen LogP contribution in [0, 0.1) is 19.8 Å². The molecule has 0 bridgehead atoms. The third-order valence-corrected chi connectivity index (χ3v) is 5.52. The summed E-state index contributed by atoms with van der Waals surface area (Å²) in [7, 11) is 3.07. The van der Waals surface area contributed by atoms with E-state index in [1.807, 2.05) is 32.0 Å². The SMILES string of the molecule is COc1cccc(OC)c1C(=O)N1CCC(C(=O)Nc2c(C)cccc2C)CC1. The Bertz CT molecular complexity index is 859. The quantitative estimate of drug-likeness (QED) is 0.834. The molecule has 1 aliphatic rings. The van der Waals surface area contributed by atoms with E-state index in [4.69, 9.17) is 9.47 Å². The Morgan fingerprint density at radius 2 is 1.45 bits per heavy atom. The van der Waals surface area contributed by atoms with E-state index >= 15 is 0 Å². The lowest BCUT2D eigenvalue weighted by Crippen LogP contribution is -2.41. The largest absolute Gasteiger partial charge is 0.496 e. The summed E-state index contributed by atoms with van der Waals surface area (Å²) in [6.45, 7) is 5.02. The average molecular weight is 396 g/mol. The molecule has 1 N–H and O–H groups in total. The van der Waals surface area contributed by atoms with Crippen LogP contribution in [0.2, 0.25) is 0 Å². The van der Waals surface area contributed by atoms with Crippen molar-refractivity contribution in [2.45, 2.75) is 26.7 Å². The van der Waals surface area contributed by atoms with E-state index in [2.05, 4.69) is 5.32 Å². The number of aryl methyl sites for hydroxylation is 2. The maximum atomic E-state index is 13.1. The molecule has 0 radical (unpaired) electrons. The monoisotopic (exact) mass is 396 g/mol. The van der Waals surface area contributed by atoms with Crippen LogP contribution in [0.25, 0.3) is 0 Å². The first kappa shape index (κ1) is 20.7. The molecule has 154 valence electrons. The smallest absolute Gasteiger partial charge is 0.261 e. The van der Waals surface area contributed by atoms with Crippen molar-refractivity contribution in [1.82, 2.24) is 4.90 Å². The molecule has 3 rings (SSSR count). The molecular formula is C23H28N2O4. The highest BCUT2D eigenvalue weighted by molar-refractivity contribution is 6.00. The zero-order valence-electron chi connectivity index (χ0n) is 17.5. The summed E-state index contributed by atoms with van der Waals surface area (Å²) >= 11 is 0. The van der Waals surface area contributed by atoms with Crippen molar-refractivity contribution >= 4 is 17.5 Å². The van der Waals surface area contributed by atoms with Gasteiger partial charge >= 0.3 is 0 Å². The van der Waals surface area contributed by atoms with Crippen molar-refractivity contribution in [2.24, 2.45) is 5.92 Å². The van der Waals surface area contributed by atoms with Crippen molar-refractivity contribution in [3.63, 3.8) is 0 Å². The predicted molar refractivity (Wildman–Crippen MR) is 113 cm³/mol. The van der Waals surface area contributed by atoms with Crippen molar-refractivity contribution in [1.29, 1.82) is 0 Å². The maximum Gasteiger partial charge on any atom is 0.261 e. The van der Waals surface area contributed by atoms with E-state index in [0.717, 1.165) is 16.8 Å². The van der Waals surface area contributed by atoms with Crippen molar-refractivity contribution in [3.05, 3.63) is 53.1 Å².